The molecular weight excluding hydrogens is 158 g/mol. The van der Waals surface area contributed by atoms with Gasteiger partial charge in [-0.15, -0.1) is 11.8 Å². The second-order valence-electron chi connectivity index (χ2n) is 2.44. The molecule has 0 aliphatic heterocycles. The summed E-state index contributed by atoms with van der Waals surface area (Å²) in [4.78, 5) is 0. The standard InChI is InChI=1S/C8H13NOS/c1-7(5-9)11-6-8-3-2-4-10-8/h2-4,7H,5-6,9H2,1H3. The Morgan fingerprint density at radius 1 is 1.73 bits per heavy atom. The first kappa shape index (κ1) is 8.68. The Morgan fingerprint density at radius 3 is 3.09 bits per heavy atom. The number of hydrogen-bond donors (Lipinski definition) is 1. The molecule has 1 aromatic heterocycles. The van der Waals surface area contributed by atoms with Crippen LogP contribution >= 0.6 is 11.8 Å². The third-order valence-corrected chi connectivity index (χ3v) is 2.63. The predicted octanol–water partition coefficient (Wildman–Crippen LogP) is 1.86. The molecule has 0 aliphatic carbocycles. The first-order valence-electron chi connectivity index (χ1n) is 3.67. The first-order chi connectivity index (χ1) is 5.33. The van der Waals surface area contributed by atoms with Gasteiger partial charge >= 0.3 is 0 Å². The molecule has 3 heteroatoms. The van der Waals surface area contributed by atoms with Gasteiger partial charge in [0, 0.05) is 11.8 Å². The molecule has 0 radical (unpaired) electrons. The molecule has 0 aromatic carbocycles. The summed E-state index contributed by atoms with van der Waals surface area (Å²) in [5, 5.41) is 0.514. The van der Waals surface area contributed by atoms with Gasteiger partial charge in [0.25, 0.3) is 0 Å². The summed E-state index contributed by atoms with van der Waals surface area (Å²) in [6.45, 7) is 2.85. The average molecular weight is 171 g/mol. The van der Waals surface area contributed by atoms with E-state index in [9.17, 15) is 0 Å². The zero-order valence-corrected chi connectivity index (χ0v) is 7.43. The summed E-state index contributed by atoms with van der Waals surface area (Å²) < 4.78 is 5.17. The highest BCUT2D eigenvalue weighted by Gasteiger charge is 2.01. The van der Waals surface area contributed by atoms with Crippen molar-refractivity contribution in [2.45, 2.75) is 17.9 Å². The molecule has 0 fully saturated rings. The monoisotopic (exact) mass is 171 g/mol. The fourth-order valence-corrected chi connectivity index (χ4v) is 1.44. The third kappa shape index (κ3) is 2.99. The fourth-order valence-electron chi connectivity index (χ4n) is 0.687. The van der Waals surface area contributed by atoms with Crippen LogP contribution in [-0.4, -0.2) is 11.8 Å². The molecule has 0 spiro atoms. The minimum atomic E-state index is 0.514. The highest BCUT2D eigenvalue weighted by molar-refractivity contribution is 7.99. The van der Waals surface area contributed by atoms with Crippen molar-refractivity contribution < 1.29 is 4.42 Å². The van der Waals surface area contributed by atoms with E-state index in [0.717, 1.165) is 18.1 Å². The molecule has 1 atom stereocenters. The van der Waals surface area contributed by atoms with Crippen molar-refractivity contribution >= 4 is 11.8 Å². The minimum Gasteiger partial charge on any atom is -0.468 e. The topological polar surface area (TPSA) is 39.2 Å². The van der Waals surface area contributed by atoms with Gasteiger partial charge in [-0.1, -0.05) is 6.92 Å². The van der Waals surface area contributed by atoms with Gasteiger partial charge < -0.3 is 10.2 Å². The number of nitrogens with two attached hydrogens (primary N) is 1. The number of furan rings is 1. The summed E-state index contributed by atoms with van der Waals surface area (Å²) in [5.41, 5.74) is 5.46. The molecule has 2 N–H and O–H groups in total. The molecule has 0 saturated carbocycles. The molecule has 62 valence electrons. The van der Waals surface area contributed by atoms with Crippen LogP contribution in [0.15, 0.2) is 22.8 Å². The van der Waals surface area contributed by atoms with E-state index < -0.39 is 0 Å². The smallest absolute Gasteiger partial charge is 0.113 e. The SMILES string of the molecule is CC(CN)SCc1ccco1. The average Bonchev–Trinajstić information content (AvgIpc) is 2.52. The van der Waals surface area contributed by atoms with Crippen LogP contribution in [0.4, 0.5) is 0 Å². The summed E-state index contributed by atoms with van der Waals surface area (Å²) >= 11 is 1.82. The maximum atomic E-state index is 5.46. The lowest BCUT2D eigenvalue weighted by Crippen LogP contribution is -2.12. The molecule has 0 bridgehead atoms. The van der Waals surface area contributed by atoms with E-state index in [1.807, 2.05) is 23.9 Å². The van der Waals surface area contributed by atoms with Crippen LogP contribution in [0.2, 0.25) is 0 Å². The zero-order valence-electron chi connectivity index (χ0n) is 6.62. The molecule has 2 nitrogen and oxygen atoms in total. The van der Waals surface area contributed by atoms with Crippen molar-refractivity contribution in [1.82, 2.24) is 0 Å². The summed E-state index contributed by atoms with van der Waals surface area (Å²) in [7, 11) is 0. The first-order valence-corrected chi connectivity index (χ1v) is 4.72. The number of rotatable bonds is 4. The Labute approximate surface area is 71.1 Å². The van der Waals surface area contributed by atoms with Crippen molar-refractivity contribution in [3.05, 3.63) is 24.2 Å². The Balaban J connectivity index is 2.23. The molecule has 1 aromatic rings. The minimum absolute atomic E-state index is 0.514. The summed E-state index contributed by atoms with van der Waals surface area (Å²) in [5.74, 6) is 1.95. The number of thioether (sulfide) groups is 1. The van der Waals surface area contributed by atoms with Gasteiger partial charge in [0.05, 0.1) is 12.0 Å². The predicted molar refractivity (Wildman–Crippen MR) is 48.5 cm³/mol. The van der Waals surface area contributed by atoms with Crippen LogP contribution in [0.5, 0.6) is 0 Å². The molecule has 0 aliphatic rings. The van der Waals surface area contributed by atoms with E-state index in [4.69, 9.17) is 10.2 Å². The molecule has 1 rings (SSSR count). The van der Waals surface area contributed by atoms with Gasteiger partial charge in [0.15, 0.2) is 0 Å². The third-order valence-electron chi connectivity index (χ3n) is 1.42. The lowest BCUT2D eigenvalue weighted by atomic mass is 10.5. The molecule has 1 unspecified atom stereocenters. The van der Waals surface area contributed by atoms with E-state index in [0.29, 0.717) is 5.25 Å². The quantitative estimate of drug-likeness (QED) is 0.751. The maximum absolute atomic E-state index is 5.46. The van der Waals surface area contributed by atoms with Gasteiger partial charge in [-0.25, -0.2) is 0 Å². The van der Waals surface area contributed by atoms with E-state index in [2.05, 4.69) is 6.92 Å². The van der Waals surface area contributed by atoms with Gasteiger partial charge in [-0.05, 0) is 12.1 Å². The van der Waals surface area contributed by atoms with E-state index >= 15 is 0 Å². The maximum Gasteiger partial charge on any atom is 0.113 e. The van der Waals surface area contributed by atoms with Crippen molar-refractivity contribution in [2.24, 2.45) is 5.73 Å². The fraction of sp³-hybridized carbons (Fsp3) is 0.500. The Hall–Kier alpha value is -0.410. The van der Waals surface area contributed by atoms with E-state index in [-0.39, 0.29) is 0 Å². The summed E-state index contributed by atoms with van der Waals surface area (Å²) in [6.07, 6.45) is 1.70. The van der Waals surface area contributed by atoms with Crippen molar-refractivity contribution in [1.29, 1.82) is 0 Å². The van der Waals surface area contributed by atoms with Crippen LogP contribution in [0.3, 0.4) is 0 Å². The van der Waals surface area contributed by atoms with Gasteiger partial charge in [-0.2, -0.15) is 0 Å². The van der Waals surface area contributed by atoms with Crippen molar-refractivity contribution in [3.63, 3.8) is 0 Å². The number of hydrogen-bond acceptors (Lipinski definition) is 3. The van der Waals surface area contributed by atoms with Crippen LogP contribution in [-0.2, 0) is 5.75 Å². The highest BCUT2D eigenvalue weighted by atomic mass is 32.2. The van der Waals surface area contributed by atoms with Gasteiger partial charge in [0.1, 0.15) is 5.76 Å². The summed E-state index contributed by atoms with van der Waals surface area (Å²) in [6, 6.07) is 3.89. The molecule has 0 saturated heterocycles. The second kappa shape index (κ2) is 4.46. The van der Waals surface area contributed by atoms with E-state index in [1.165, 1.54) is 0 Å². The van der Waals surface area contributed by atoms with Crippen LogP contribution in [0, 0.1) is 0 Å². The Bertz CT molecular complexity index is 186. The van der Waals surface area contributed by atoms with Crippen LogP contribution < -0.4 is 5.73 Å². The van der Waals surface area contributed by atoms with Gasteiger partial charge in [-0.3, -0.25) is 0 Å². The largest absolute Gasteiger partial charge is 0.468 e. The molecule has 0 amide bonds. The van der Waals surface area contributed by atoms with Crippen LogP contribution in [0.25, 0.3) is 0 Å². The lowest BCUT2D eigenvalue weighted by Gasteiger charge is -2.04. The van der Waals surface area contributed by atoms with Gasteiger partial charge in [0.2, 0.25) is 0 Å². The van der Waals surface area contributed by atoms with Crippen molar-refractivity contribution in [3.8, 4) is 0 Å². The molecule has 11 heavy (non-hydrogen) atoms. The zero-order chi connectivity index (χ0) is 8.10. The van der Waals surface area contributed by atoms with E-state index in [1.54, 1.807) is 6.26 Å². The van der Waals surface area contributed by atoms with Crippen molar-refractivity contribution in [2.75, 3.05) is 6.54 Å². The second-order valence-corrected chi connectivity index (χ2v) is 3.86. The normalized spacial score (nSPS) is 13.3. The Morgan fingerprint density at radius 2 is 2.55 bits per heavy atom. The lowest BCUT2D eigenvalue weighted by molar-refractivity contribution is 0.530. The van der Waals surface area contributed by atoms with Crippen LogP contribution in [0.1, 0.15) is 12.7 Å². The highest BCUT2D eigenvalue weighted by Crippen LogP contribution is 2.16. The molecular formula is C8H13NOS. The molecule has 1 heterocycles. The Kier molecular flexibility index (Phi) is 3.52.